The first-order valence-corrected chi connectivity index (χ1v) is 20.8. The molecule has 58 heavy (non-hydrogen) atoms. The summed E-state index contributed by atoms with van der Waals surface area (Å²) in [5, 5.41) is 12.8. The predicted octanol–water partition coefficient (Wildman–Crippen LogP) is 7.69. The normalized spacial score (nSPS) is 17.5. The second kappa shape index (κ2) is 17.2. The highest BCUT2D eigenvalue weighted by Crippen LogP contribution is 2.35. The third-order valence-corrected chi connectivity index (χ3v) is 11.7. The Labute approximate surface area is 343 Å². The first kappa shape index (κ1) is 40.8. The number of hydrogen-bond donors (Lipinski definition) is 2. The van der Waals surface area contributed by atoms with Crippen LogP contribution in [0, 0.1) is 6.92 Å². The monoisotopic (exact) mass is 804 g/mol. The van der Waals surface area contributed by atoms with Gasteiger partial charge in [-0.15, -0.1) is 0 Å². The molecule has 2 aliphatic rings. The molecule has 0 spiro atoms. The number of ether oxygens (including phenoxy) is 2. The van der Waals surface area contributed by atoms with Crippen molar-refractivity contribution in [2.24, 2.45) is 0 Å². The Morgan fingerprint density at radius 3 is 2.43 bits per heavy atom. The molecule has 3 aromatic carbocycles. The number of amides is 1. The van der Waals surface area contributed by atoms with Gasteiger partial charge in [0.2, 0.25) is 0 Å². The van der Waals surface area contributed by atoms with Crippen molar-refractivity contribution < 1.29 is 29.0 Å². The molecular weight excluding hydrogens is 753 g/mol. The van der Waals surface area contributed by atoms with Crippen molar-refractivity contribution in [3.8, 4) is 16.9 Å². The molecule has 13 heteroatoms. The van der Waals surface area contributed by atoms with Gasteiger partial charge < -0.3 is 19.5 Å². The lowest BCUT2D eigenvalue weighted by atomic mass is 9.94. The third-order valence-electron chi connectivity index (χ3n) is 10.8. The zero-order chi connectivity index (χ0) is 41.1. The molecule has 2 aliphatic heterocycles. The molecule has 1 saturated heterocycles. The molecule has 304 valence electrons. The molecule has 12 nitrogen and oxygen atoms in total. The van der Waals surface area contributed by atoms with Gasteiger partial charge in [-0.2, -0.15) is 0 Å². The summed E-state index contributed by atoms with van der Waals surface area (Å²) >= 11 is 1.44. The maximum atomic E-state index is 13.9. The fraction of sp³-hybridized carbons (Fsp3) is 0.400. The number of benzene rings is 3. The number of piperazine rings is 1. The van der Waals surface area contributed by atoms with Gasteiger partial charge in [-0.1, -0.05) is 47.7 Å². The summed E-state index contributed by atoms with van der Waals surface area (Å²) < 4.78 is 13.3. The summed E-state index contributed by atoms with van der Waals surface area (Å²) in [5.74, 6) is -0.180. The molecule has 2 aromatic heterocycles. The Bertz CT molecular complexity index is 2280. The van der Waals surface area contributed by atoms with Crippen LogP contribution in [0.2, 0.25) is 0 Å². The Kier molecular flexibility index (Phi) is 12.1. The molecule has 4 heterocycles. The summed E-state index contributed by atoms with van der Waals surface area (Å²) in [7, 11) is 0. The lowest BCUT2D eigenvalue weighted by Crippen LogP contribution is -2.57. The maximum Gasteiger partial charge on any atom is 0.358 e. The maximum absolute atomic E-state index is 13.9. The zero-order valence-electron chi connectivity index (χ0n) is 34.1. The fourth-order valence-corrected chi connectivity index (χ4v) is 8.98. The number of fused-ring (bicyclic) bond motifs is 2. The minimum absolute atomic E-state index is 0.0654. The summed E-state index contributed by atoms with van der Waals surface area (Å²) in [6.07, 6.45) is 1.51. The van der Waals surface area contributed by atoms with Crippen molar-refractivity contribution >= 4 is 50.3 Å². The highest BCUT2D eigenvalue weighted by molar-refractivity contribution is 7.22. The molecule has 2 N–H and O–H groups in total. The quantitative estimate of drug-likeness (QED) is 0.0949. The number of nitrogens with zero attached hydrogens (tertiary/aromatic N) is 5. The number of carbonyl (C=O) groups is 3. The van der Waals surface area contributed by atoms with Crippen LogP contribution >= 0.6 is 11.3 Å². The van der Waals surface area contributed by atoms with Gasteiger partial charge in [0.1, 0.15) is 17.2 Å². The molecule has 0 bridgehead atoms. The average Bonchev–Trinajstić information content (AvgIpc) is 3.58. The number of carboxylic acid groups (broad SMARTS) is 1. The first-order valence-electron chi connectivity index (χ1n) is 19.9. The topological polar surface area (TPSA) is 137 Å². The van der Waals surface area contributed by atoms with Gasteiger partial charge in [0, 0.05) is 55.9 Å². The Morgan fingerprint density at radius 2 is 1.69 bits per heavy atom. The molecule has 2 atom stereocenters. The number of aliphatic carboxylic acids is 1. The zero-order valence-corrected chi connectivity index (χ0v) is 34.9. The Hall–Kier alpha value is -5.37. The van der Waals surface area contributed by atoms with E-state index in [1.54, 1.807) is 0 Å². The van der Waals surface area contributed by atoms with Crippen LogP contribution in [0.25, 0.3) is 21.3 Å². The summed E-state index contributed by atoms with van der Waals surface area (Å²) in [5.41, 5.74) is 5.29. The number of thiazole rings is 1. The summed E-state index contributed by atoms with van der Waals surface area (Å²) in [6, 6.07) is 23.8. The number of hydrogen-bond acceptors (Lipinski definition) is 11. The lowest BCUT2D eigenvalue weighted by molar-refractivity contribution is -0.139. The van der Waals surface area contributed by atoms with Gasteiger partial charge in [-0.25, -0.2) is 14.8 Å². The van der Waals surface area contributed by atoms with Crippen LogP contribution in [0.4, 0.5) is 10.9 Å². The molecule has 0 unspecified atom stereocenters. The summed E-state index contributed by atoms with van der Waals surface area (Å²) in [4.78, 5) is 55.0. The van der Waals surface area contributed by atoms with E-state index >= 15 is 0 Å². The lowest BCUT2D eigenvalue weighted by Gasteiger charge is -2.44. The number of nitrogens with one attached hydrogen (secondary N) is 1. The van der Waals surface area contributed by atoms with E-state index in [0.717, 1.165) is 64.3 Å². The van der Waals surface area contributed by atoms with Gasteiger partial charge in [0.25, 0.3) is 5.91 Å². The van der Waals surface area contributed by atoms with Gasteiger partial charge in [0.05, 0.1) is 23.4 Å². The molecule has 7 rings (SSSR count). The van der Waals surface area contributed by atoms with E-state index in [2.05, 4.69) is 40.0 Å². The largest absolute Gasteiger partial charge is 0.493 e. The number of carbonyl (C=O) groups excluding carboxylic acids is 2. The molecule has 0 aliphatic carbocycles. The molecule has 0 saturated carbocycles. The number of anilines is 2. The van der Waals surface area contributed by atoms with Crippen LogP contribution in [-0.4, -0.2) is 99.7 Å². The fourth-order valence-electron chi connectivity index (χ4n) is 8.12. The number of pyridine rings is 1. The Morgan fingerprint density at radius 1 is 0.931 bits per heavy atom. The van der Waals surface area contributed by atoms with Gasteiger partial charge >= 0.3 is 11.9 Å². The van der Waals surface area contributed by atoms with E-state index in [0.29, 0.717) is 48.2 Å². The van der Waals surface area contributed by atoms with E-state index in [1.807, 2.05) is 99.3 Å². The van der Waals surface area contributed by atoms with Crippen molar-refractivity contribution in [2.75, 3.05) is 49.5 Å². The standard InChI is InChI=1S/C45H52N6O6S/c1-28-24-49(27-40(52)53)25-29(2)51(28)21-11-23-56-37-16-10-13-32(30(37)3)33-18-19-39(47-41(33)43(55)57-45(4,5)6)50-22-20-31-12-9-14-34(35(31)26-50)42(54)48-44-46-36-15-7-8-17-38(36)58-44/h7-10,12-19,28-29H,11,20-27H2,1-6H3,(H,52,53)(H,46,48,54)/t28-,29+. The van der Waals surface area contributed by atoms with Gasteiger partial charge in [0.15, 0.2) is 10.8 Å². The average molecular weight is 805 g/mol. The number of aromatic nitrogens is 2. The minimum atomic E-state index is -0.796. The van der Waals surface area contributed by atoms with E-state index in [-0.39, 0.29) is 30.2 Å². The SMILES string of the molecule is Cc1c(OCCCN2[C@H](C)CN(CC(=O)O)C[C@@H]2C)cccc1-c1ccc(N2CCc3cccc(C(=O)Nc4nc5ccccc5s4)c3C2)nc1C(=O)OC(C)(C)C. The van der Waals surface area contributed by atoms with E-state index in [1.165, 1.54) is 11.3 Å². The van der Waals surface area contributed by atoms with Crippen molar-refractivity contribution in [2.45, 2.75) is 78.6 Å². The van der Waals surface area contributed by atoms with Crippen molar-refractivity contribution in [3.63, 3.8) is 0 Å². The van der Waals surface area contributed by atoms with E-state index in [4.69, 9.17) is 14.5 Å². The van der Waals surface area contributed by atoms with Gasteiger partial charge in [-0.3, -0.25) is 24.7 Å². The molecular formula is C45H52N6O6S. The molecule has 0 radical (unpaired) electrons. The second-order valence-electron chi connectivity index (χ2n) is 16.3. The second-order valence-corrected chi connectivity index (χ2v) is 17.3. The van der Waals surface area contributed by atoms with Crippen LogP contribution < -0.4 is 15.0 Å². The third kappa shape index (κ3) is 9.33. The number of carboxylic acids is 1. The smallest absolute Gasteiger partial charge is 0.358 e. The predicted molar refractivity (Wildman–Crippen MR) is 228 cm³/mol. The Balaban J connectivity index is 1.09. The van der Waals surface area contributed by atoms with Crippen LogP contribution in [0.3, 0.4) is 0 Å². The number of esters is 1. The number of para-hydroxylation sites is 1. The van der Waals surface area contributed by atoms with Crippen LogP contribution in [0.5, 0.6) is 5.75 Å². The summed E-state index contributed by atoms with van der Waals surface area (Å²) in [6.45, 7) is 15.8. The molecule has 1 amide bonds. The van der Waals surface area contributed by atoms with Crippen LogP contribution in [-0.2, 0) is 22.5 Å². The first-order chi connectivity index (χ1) is 27.7. The van der Waals surface area contributed by atoms with E-state index in [9.17, 15) is 19.5 Å². The molecule has 5 aromatic rings. The van der Waals surface area contributed by atoms with E-state index < -0.39 is 17.5 Å². The molecule has 1 fully saturated rings. The van der Waals surface area contributed by atoms with Crippen LogP contribution in [0.1, 0.15) is 78.6 Å². The van der Waals surface area contributed by atoms with Crippen molar-refractivity contribution in [3.05, 3.63) is 101 Å². The minimum Gasteiger partial charge on any atom is -0.493 e. The van der Waals surface area contributed by atoms with Crippen LogP contribution in [0.15, 0.2) is 72.8 Å². The van der Waals surface area contributed by atoms with Gasteiger partial charge in [-0.05, 0) is 113 Å². The van der Waals surface area contributed by atoms with Crippen molar-refractivity contribution in [1.82, 2.24) is 19.8 Å². The highest BCUT2D eigenvalue weighted by atomic mass is 32.1. The highest BCUT2D eigenvalue weighted by Gasteiger charge is 2.31. The number of rotatable bonds is 12. The van der Waals surface area contributed by atoms with Crippen molar-refractivity contribution in [1.29, 1.82) is 0 Å².